The van der Waals surface area contributed by atoms with Gasteiger partial charge in [-0.05, 0) is 67.6 Å². The Morgan fingerprint density at radius 2 is 1.82 bits per heavy atom. The molecule has 0 saturated carbocycles. The average molecular weight is 244 g/mol. The highest BCUT2D eigenvalue weighted by atomic mass is 16.5. The molecule has 3 heteroatoms. The average Bonchev–Trinajstić information content (AvgIpc) is 2.23. The quantitative estimate of drug-likeness (QED) is 0.631. The summed E-state index contributed by atoms with van der Waals surface area (Å²) in [5.41, 5.74) is -0.0266. The van der Waals surface area contributed by atoms with Crippen LogP contribution in [0.3, 0.4) is 0 Å². The first-order valence-corrected chi connectivity index (χ1v) is 6.77. The van der Waals surface area contributed by atoms with E-state index in [4.69, 9.17) is 4.74 Å². The zero-order valence-corrected chi connectivity index (χ0v) is 12.8. The fraction of sp³-hybridized carbons (Fsp3) is 1.00. The molecule has 0 spiro atoms. The maximum absolute atomic E-state index is 5.44. The Morgan fingerprint density at radius 3 is 2.29 bits per heavy atom. The summed E-state index contributed by atoms with van der Waals surface area (Å²) in [6.45, 7) is 13.2. The first-order valence-electron chi connectivity index (χ1n) is 6.77. The third kappa shape index (κ3) is 8.58. The highest BCUT2D eigenvalue weighted by Crippen LogP contribution is 2.15. The Labute approximate surface area is 108 Å². The molecule has 0 aromatic rings. The second-order valence-electron chi connectivity index (χ2n) is 5.95. The van der Waals surface area contributed by atoms with E-state index in [1.165, 1.54) is 6.42 Å². The maximum atomic E-state index is 5.44. The molecule has 1 unspecified atom stereocenters. The molecule has 0 heterocycles. The van der Waals surface area contributed by atoms with Crippen molar-refractivity contribution in [2.45, 2.75) is 65.1 Å². The van der Waals surface area contributed by atoms with Crippen LogP contribution in [-0.2, 0) is 4.74 Å². The molecular weight excluding hydrogens is 212 g/mol. The molecule has 0 rings (SSSR count). The number of hydrogen-bond donors (Lipinski definition) is 1. The lowest BCUT2D eigenvalue weighted by atomic mass is 10.00. The molecule has 1 atom stereocenters. The van der Waals surface area contributed by atoms with Gasteiger partial charge >= 0.3 is 0 Å². The van der Waals surface area contributed by atoms with Gasteiger partial charge in [0.05, 0.1) is 5.60 Å². The van der Waals surface area contributed by atoms with Gasteiger partial charge in [-0.1, -0.05) is 0 Å². The van der Waals surface area contributed by atoms with Gasteiger partial charge in [0.2, 0.25) is 0 Å². The normalized spacial score (nSPS) is 14.6. The van der Waals surface area contributed by atoms with Gasteiger partial charge in [0.15, 0.2) is 0 Å². The van der Waals surface area contributed by atoms with Crippen molar-refractivity contribution in [3.05, 3.63) is 0 Å². The molecule has 0 aliphatic heterocycles. The van der Waals surface area contributed by atoms with Crippen LogP contribution in [0, 0.1) is 0 Å². The van der Waals surface area contributed by atoms with Crippen molar-refractivity contribution in [3.8, 4) is 0 Å². The van der Waals surface area contributed by atoms with Crippen molar-refractivity contribution >= 4 is 0 Å². The first-order chi connectivity index (χ1) is 7.78. The van der Waals surface area contributed by atoms with Crippen LogP contribution in [0.5, 0.6) is 0 Å². The molecule has 0 fully saturated rings. The summed E-state index contributed by atoms with van der Waals surface area (Å²) in [5.74, 6) is 0. The number of nitrogens with zero attached hydrogens (tertiary/aromatic N) is 1. The zero-order chi connectivity index (χ0) is 13.5. The summed E-state index contributed by atoms with van der Waals surface area (Å²) in [7, 11) is 3.96. The Hall–Kier alpha value is -0.120. The van der Waals surface area contributed by atoms with Crippen LogP contribution in [0.2, 0.25) is 0 Å². The minimum Gasteiger partial charge on any atom is -0.379 e. The summed E-state index contributed by atoms with van der Waals surface area (Å²) in [5, 5.41) is 3.56. The van der Waals surface area contributed by atoms with Crippen molar-refractivity contribution in [1.29, 1.82) is 0 Å². The standard InChI is InChI=1S/C14H32N2O/c1-12(2)16(6)10-8-9-15-13(3)11-14(4,5)17-7/h12-13,15H,8-11H2,1-7H3. The Bertz CT molecular complexity index is 193. The molecule has 1 N–H and O–H groups in total. The lowest BCUT2D eigenvalue weighted by Crippen LogP contribution is -2.37. The van der Waals surface area contributed by atoms with Crippen molar-refractivity contribution in [2.75, 3.05) is 27.2 Å². The Kier molecular flexibility index (Phi) is 8.01. The first kappa shape index (κ1) is 16.9. The minimum absolute atomic E-state index is 0.0266. The van der Waals surface area contributed by atoms with Crippen molar-refractivity contribution in [3.63, 3.8) is 0 Å². The van der Waals surface area contributed by atoms with E-state index in [0.29, 0.717) is 12.1 Å². The topological polar surface area (TPSA) is 24.5 Å². The van der Waals surface area contributed by atoms with E-state index in [1.54, 1.807) is 7.11 Å². The van der Waals surface area contributed by atoms with Crippen LogP contribution < -0.4 is 5.32 Å². The summed E-state index contributed by atoms with van der Waals surface area (Å²) >= 11 is 0. The van der Waals surface area contributed by atoms with E-state index in [2.05, 4.69) is 51.9 Å². The second kappa shape index (κ2) is 8.06. The van der Waals surface area contributed by atoms with Crippen LogP contribution in [0.1, 0.15) is 47.5 Å². The molecule has 0 aliphatic rings. The van der Waals surface area contributed by atoms with Gasteiger partial charge in [-0.2, -0.15) is 0 Å². The summed E-state index contributed by atoms with van der Waals surface area (Å²) in [6, 6.07) is 1.15. The number of rotatable bonds is 9. The van der Waals surface area contributed by atoms with Gasteiger partial charge < -0.3 is 15.0 Å². The maximum Gasteiger partial charge on any atom is 0.0637 e. The molecule has 0 aliphatic carbocycles. The van der Waals surface area contributed by atoms with E-state index in [1.807, 2.05) is 0 Å². The van der Waals surface area contributed by atoms with Crippen molar-refractivity contribution in [1.82, 2.24) is 10.2 Å². The van der Waals surface area contributed by atoms with Gasteiger partial charge in [0.1, 0.15) is 0 Å². The van der Waals surface area contributed by atoms with E-state index < -0.39 is 0 Å². The monoisotopic (exact) mass is 244 g/mol. The molecule has 17 heavy (non-hydrogen) atoms. The molecule has 104 valence electrons. The molecule has 0 amide bonds. The fourth-order valence-corrected chi connectivity index (χ4v) is 1.83. The molecule has 0 bridgehead atoms. The lowest BCUT2D eigenvalue weighted by Gasteiger charge is -2.27. The second-order valence-corrected chi connectivity index (χ2v) is 5.95. The van der Waals surface area contributed by atoms with Gasteiger partial charge in [-0.25, -0.2) is 0 Å². The molecular formula is C14H32N2O. The fourth-order valence-electron chi connectivity index (χ4n) is 1.83. The van der Waals surface area contributed by atoms with Crippen molar-refractivity contribution in [2.24, 2.45) is 0 Å². The van der Waals surface area contributed by atoms with Crippen LogP contribution in [0.15, 0.2) is 0 Å². The molecule has 0 saturated heterocycles. The number of nitrogens with one attached hydrogen (secondary N) is 1. The summed E-state index contributed by atoms with van der Waals surface area (Å²) in [6.07, 6.45) is 2.25. The SMILES string of the molecule is COC(C)(C)CC(C)NCCCN(C)C(C)C. The largest absolute Gasteiger partial charge is 0.379 e. The van der Waals surface area contributed by atoms with E-state index in [9.17, 15) is 0 Å². The molecule has 0 aromatic carbocycles. The van der Waals surface area contributed by atoms with E-state index >= 15 is 0 Å². The minimum atomic E-state index is -0.0266. The zero-order valence-electron chi connectivity index (χ0n) is 12.8. The van der Waals surface area contributed by atoms with E-state index in [-0.39, 0.29) is 5.60 Å². The number of hydrogen-bond acceptors (Lipinski definition) is 3. The third-order valence-corrected chi connectivity index (χ3v) is 3.41. The number of methoxy groups -OCH3 is 1. The van der Waals surface area contributed by atoms with Gasteiger partial charge in [0, 0.05) is 19.2 Å². The molecule has 3 nitrogen and oxygen atoms in total. The predicted octanol–water partition coefficient (Wildman–Crippen LogP) is 2.51. The molecule has 0 aromatic heterocycles. The van der Waals surface area contributed by atoms with Gasteiger partial charge in [-0.3, -0.25) is 0 Å². The van der Waals surface area contributed by atoms with Gasteiger partial charge in [-0.15, -0.1) is 0 Å². The van der Waals surface area contributed by atoms with Gasteiger partial charge in [0.25, 0.3) is 0 Å². The van der Waals surface area contributed by atoms with Crippen LogP contribution in [-0.4, -0.2) is 49.8 Å². The molecule has 0 radical (unpaired) electrons. The smallest absolute Gasteiger partial charge is 0.0637 e. The Balaban J connectivity index is 3.62. The predicted molar refractivity (Wildman–Crippen MR) is 75.6 cm³/mol. The van der Waals surface area contributed by atoms with Crippen LogP contribution >= 0.6 is 0 Å². The highest BCUT2D eigenvalue weighted by Gasteiger charge is 2.19. The lowest BCUT2D eigenvalue weighted by molar-refractivity contribution is 0.00856. The third-order valence-electron chi connectivity index (χ3n) is 3.41. The summed E-state index contributed by atoms with van der Waals surface area (Å²) < 4.78 is 5.44. The Morgan fingerprint density at radius 1 is 1.24 bits per heavy atom. The van der Waals surface area contributed by atoms with E-state index in [0.717, 1.165) is 19.5 Å². The summed E-state index contributed by atoms with van der Waals surface area (Å²) in [4.78, 5) is 2.38. The number of ether oxygens (including phenoxy) is 1. The highest BCUT2D eigenvalue weighted by molar-refractivity contribution is 4.75. The van der Waals surface area contributed by atoms with Crippen molar-refractivity contribution < 1.29 is 4.74 Å². The van der Waals surface area contributed by atoms with Crippen LogP contribution in [0.4, 0.5) is 0 Å². The van der Waals surface area contributed by atoms with Crippen LogP contribution in [0.25, 0.3) is 0 Å².